The van der Waals surface area contributed by atoms with Crippen molar-refractivity contribution in [2.75, 3.05) is 25.0 Å². The topological polar surface area (TPSA) is 29.3 Å². The van der Waals surface area contributed by atoms with Gasteiger partial charge in [0.25, 0.3) is 0 Å². The van der Waals surface area contributed by atoms with Crippen LogP contribution in [0.15, 0.2) is 24.3 Å². The van der Waals surface area contributed by atoms with Gasteiger partial charge in [0.2, 0.25) is 0 Å². The summed E-state index contributed by atoms with van der Waals surface area (Å²) in [5.74, 6) is -0.203. The summed E-state index contributed by atoms with van der Waals surface area (Å²) in [4.78, 5) is 2.09. The molecule has 0 unspecified atom stereocenters. The summed E-state index contributed by atoms with van der Waals surface area (Å²) < 4.78 is 12.7. The van der Waals surface area contributed by atoms with Gasteiger partial charge in [-0.1, -0.05) is 13.8 Å². The van der Waals surface area contributed by atoms with Crippen LogP contribution in [-0.4, -0.2) is 20.1 Å². The SMILES string of the molecule is CN(CC(C)(C)CN)c1ccc(F)cc1. The second-order valence-corrected chi connectivity index (χ2v) is 4.70. The lowest BCUT2D eigenvalue weighted by atomic mass is 9.93. The van der Waals surface area contributed by atoms with Gasteiger partial charge in [-0.05, 0) is 36.2 Å². The second kappa shape index (κ2) is 4.62. The Morgan fingerprint density at radius 1 is 1.27 bits per heavy atom. The number of anilines is 1. The second-order valence-electron chi connectivity index (χ2n) is 4.70. The lowest BCUT2D eigenvalue weighted by molar-refractivity contribution is 0.385. The Morgan fingerprint density at radius 2 is 1.80 bits per heavy atom. The maximum Gasteiger partial charge on any atom is 0.123 e. The molecule has 0 heterocycles. The number of nitrogens with two attached hydrogens (primary N) is 1. The highest BCUT2D eigenvalue weighted by molar-refractivity contribution is 5.45. The summed E-state index contributed by atoms with van der Waals surface area (Å²) >= 11 is 0. The summed E-state index contributed by atoms with van der Waals surface area (Å²) in [5, 5.41) is 0. The highest BCUT2D eigenvalue weighted by Gasteiger charge is 2.18. The van der Waals surface area contributed by atoms with Crippen molar-refractivity contribution in [3.8, 4) is 0 Å². The number of halogens is 1. The Bertz CT molecular complexity index is 306. The van der Waals surface area contributed by atoms with Gasteiger partial charge >= 0.3 is 0 Å². The predicted molar refractivity (Wildman–Crippen MR) is 62.5 cm³/mol. The van der Waals surface area contributed by atoms with E-state index < -0.39 is 0 Å². The van der Waals surface area contributed by atoms with E-state index in [2.05, 4.69) is 18.7 Å². The first-order valence-corrected chi connectivity index (χ1v) is 5.11. The molecule has 0 radical (unpaired) electrons. The van der Waals surface area contributed by atoms with Crippen LogP contribution in [0.2, 0.25) is 0 Å². The van der Waals surface area contributed by atoms with Crippen LogP contribution in [0.1, 0.15) is 13.8 Å². The molecule has 84 valence electrons. The van der Waals surface area contributed by atoms with Gasteiger partial charge < -0.3 is 10.6 Å². The van der Waals surface area contributed by atoms with E-state index >= 15 is 0 Å². The first-order valence-electron chi connectivity index (χ1n) is 5.11. The van der Waals surface area contributed by atoms with Crippen LogP contribution in [0, 0.1) is 11.2 Å². The highest BCUT2D eigenvalue weighted by atomic mass is 19.1. The first-order chi connectivity index (χ1) is 6.94. The van der Waals surface area contributed by atoms with Gasteiger partial charge in [-0.3, -0.25) is 0 Å². The molecule has 1 aromatic rings. The van der Waals surface area contributed by atoms with E-state index in [4.69, 9.17) is 5.73 Å². The Balaban J connectivity index is 2.69. The monoisotopic (exact) mass is 210 g/mol. The Morgan fingerprint density at radius 3 is 2.27 bits per heavy atom. The molecule has 0 bridgehead atoms. The standard InChI is InChI=1S/C12H19FN2/c1-12(2,8-14)9-15(3)11-6-4-10(13)5-7-11/h4-7H,8-9,14H2,1-3H3. The molecule has 0 aromatic heterocycles. The van der Waals surface area contributed by atoms with Crippen molar-refractivity contribution in [3.05, 3.63) is 30.1 Å². The molecule has 1 rings (SSSR count). The van der Waals surface area contributed by atoms with Crippen LogP contribution >= 0.6 is 0 Å². The quantitative estimate of drug-likeness (QED) is 0.826. The van der Waals surface area contributed by atoms with Crippen molar-refractivity contribution in [2.24, 2.45) is 11.1 Å². The van der Waals surface area contributed by atoms with Crippen LogP contribution < -0.4 is 10.6 Å². The van der Waals surface area contributed by atoms with Crippen LogP contribution in [0.4, 0.5) is 10.1 Å². The first kappa shape index (κ1) is 12.0. The number of hydrogen-bond acceptors (Lipinski definition) is 2. The van der Waals surface area contributed by atoms with Gasteiger partial charge in [-0.2, -0.15) is 0 Å². The number of nitrogens with zero attached hydrogens (tertiary/aromatic N) is 1. The molecular formula is C12H19FN2. The fraction of sp³-hybridized carbons (Fsp3) is 0.500. The molecule has 0 saturated heterocycles. The van der Waals surface area contributed by atoms with Crippen LogP contribution in [-0.2, 0) is 0 Å². The third-order valence-electron chi connectivity index (χ3n) is 2.49. The van der Waals surface area contributed by atoms with Crippen molar-refractivity contribution >= 4 is 5.69 Å². The Hall–Kier alpha value is -1.09. The van der Waals surface area contributed by atoms with Gasteiger partial charge in [-0.15, -0.1) is 0 Å². The molecule has 0 atom stereocenters. The van der Waals surface area contributed by atoms with Crippen molar-refractivity contribution in [2.45, 2.75) is 13.8 Å². The molecule has 0 spiro atoms. The van der Waals surface area contributed by atoms with E-state index in [1.54, 1.807) is 12.1 Å². The van der Waals surface area contributed by atoms with E-state index in [1.807, 2.05) is 7.05 Å². The summed E-state index contributed by atoms with van der Waals surface area (Å²) in [5.41, 5.74) is 6.75. The van der Waals surface area contributed by atoms with Crippen LogP contribution in [0.3, 0.4) is 0 Å². The van der Waals surface area contributed by atoms with E-state index in [-0.39, 0.29) is 11.2 Å². The fourth-order valence-electron chi connectivity index (χ4n) is 1.49. The number of rotatable bonds is 4. The average molecular weight is 210 g/mol. The minimum atomic E-state index is -0.203. The van der Waals surface area contributed by atoms with Gasteiger partial charge in [0.05, 0.1) is 0 Å². The van der Waals surface area contributed by atoms with Crippen LogP contribution in [0.25, 0.3) is 0 Å². The zero-order valence-electron chi connectivity index (χ0n) is 9.63. The van der Waals surface area contributed by atoms with Crippen molar-refractivity contribution in [3.63, 3.8) is 0 Å². The predicted octanol–water partition coefficient (Wildman–Crippen LogP) is 2.25. The lowest BCUT2D eigenvalue weighted by Crippen LogP contribution is -2.36. The zero-order chi connectivity index (χ0) is 11.5. The minimum absolute atomic E-state index is 0.0726. The summed E-state index contributed by atoms with van der Waals surface area (Å²) in [6.45, 7) is 5.73. The molecule has 0 saturated carbocycles. The molecule has 15 heavy (non-hydrogen) atoms. The number of hydrogen-bond donors (Lipinski definition) is 1. The van der Waals surface area contributed by atoms with Crippen LogP contribution in [0.5, 0.6) is 0 Å². The Labute approximate surface area is 90.9 Å². The molecule has 2 N–H and O–H groups in total. The van der Waals surface area contributed by atoms with E-state index in [1.165, 1.54) is 12.1 Å². The Kier molecular flexibility index (Phi) is 3.69. The smallest absolute Gasteiger partial charge is 0.123 e. The molecule has 1 aromatic carbocycles. The maximum absolute atomic E-state index is 12.7. The van der Waals surface area contributed by atoms with Gasteiger partial charge in [0.15, 0.2) is 0 Å². The third kappa shape index (κ3) is 3.51. The number of benzene rings is 1. The van der Waals surface area contributed by atoms with Gasteiger partial charge in [0, 0.05) is 19.3 Å². The zero-order valence-corrected chi connectivity index (χ0v) is 9.63. The van der Waals surface area contributed by atoms with E-state index in [0.717, 1.165) is 12.2 Å². The third-order valence-corrected chi connectivity index (χ3v) is 2.49. The highest BCUT2D eigenvalue weighted by Crippen LogP contribution is 2.19. The molecule has 0 fully saturated rings. The average Bonchev–Trinajstić information content (AvgIpc) is 2.18. The molecule has 2 nitrogen and oxygen atoms in total. The van der Waals surface area contributed by atoms with E-state index in [9.17, 15) is 4.39 Å². The fourth-order valence-corrected chi connectivity index (χ4v) is 1.49. The molecule has 0 aliphatic carbocycles. The molecule has 0 aliphatic rings. The van der Waals surface area contributed by atoms with Gasteiger partial charge in [0.1, 0.15) is 5.82 Å². The molecule has 3 heteroatoms. The summed E-state index contributed by atoms with van der Waals surface area (Å²) in [6.07, 6.45) is 0. The molecular weight excluding hydrogens is 191 g/mol. The van der Waals surface area contributed by atoms with Crippen molar-refractivity contribution < 1.29 is 4.39 Å². The van der Waals surface area contributed by atoms with Crippen molar-refractivity contribution in [1.29, 1.82) is 0 Å². The van der Waals surface area contributed by atoms with E-state index in [0.29, 0.717) is 6.54 Å². The largest absolute Gasteiger partial charge is 0.374 e. The summed E-state index contributed by atoms with van der Waals surface area (Å²) in [7, 11) is 1.99. The molecule has 0 aliphatic heterocycles. The summed E-state index contributed by atoms with van der Waals surface area (Å²) in [6, 6.07) is 6.51. The lowest BCUT2D eigenvalue weighted by Gasteiger charge is -2.30. The maximum atomic E-state index is 12.7. The van der Waals surface area contributed by atoms with Gasteiger partial charge in [-0.25, -0.2) is 4.39 Å². The van der Waals surface area contributed by atoms with Crippen molar-refractivity contribution in [1.82, 2.24) is 0 Å². The normalized spacial score (nSPS) is 11.5. The molecule has 0 amide bonds. The minimum Gasteiger partial charge on any atom is -0.374 e.